The Morgan fingerprint density at radius 2 is 2.11 bits per heavy atom. The molecule has 0 atom stereocenters. The van der Waals surface area contributed by atoms with E-state index in [1.54, 1.807) is 19.2 Å². The molecular weight excluding hydrogens is 253 g/mol. The summed E-state index contributed by atoms with van der Waals surface area (Å²) in [6.45, 7) is 1.23. The van der Waals surface area contributed by atoms with Crippen molar-refractivity contribution in [2.24, 2.45) is 0 Å². The summed E-state index contributed by atoms with van der Waals surface area (Å²) >= 11 is 5.15. The lowest BCUT2D eigenvalue weighted by Gasteiger charge is -2.06. The third-order valence-electron chi connectivity index (χ3n) is 2.63. The molecule has 0 bridgehead atoms. The monoisotopic (exact) mass is 267 g/mol. The van der Waals surface area contributed by atoms with E-state index in [2.05, 4.69) is 10.2 Å². The third-order valence-corrected chi connectivity index (χ3v) is 2.94. The van der Waals surface area contributed by atoms with E-state index in [0.717, 1.165) is 11.4 Å². The highest BCUT2D eigenvalue weighted by molar-refractivity contribution is 7.71. The second-order valence-electron chi connectivity index (χ2n) is 3.89. The second kappa shape index (κ2) is 5.88. The standard InChI is InChI=1S/C12H14FN3OS/c1-17-7-6-16-11(14-15-12(16)18)8-9-2-4-10(13)5-3-9/h2-5H,6-8H2,1H3,(H,15,18). The van der Waals surface area contributed by atoms with Gasteiger partial charge in [-0.15, -0.1) is 0 Å². The fourth-order valence-electron chi connectivity index (χ4n) is 1.68. The van der Waals surface area contributed by atoms with Crippen LogP contribution in [0, 0.1) is 10.6 Å². The van der Waals surface area contributed by atoms with Gasteiger partial charge in [-0.05, 0) is 29.9 Å². The van der Waals surface area contributed by atoms with Crippen molar-refractivity contribution in [1.82, 2.24) is 14.8 Å². The Hall–Kier alpha value is -1.53. The lowest BCUT2D eigenvalue weighted by atomic mass is 10.1. The summed E-state index contributed by atoms with van der Waals surface area (Å²) < 4.78 is 20.3. The number of H-pyrrole nitrogens is 1. The second-order valence-corrected chi connectivity index (χ2v) is 4.28. The van der Waals surface area contributed by atoms with Crippen molar-refractivity contribution in [3.8, 4) is 0 Å². The van der Waals surface area contributed by atoms with E-state index >= 15 is 0 Å². The molecule has 0 saturated carbocycles. The van der Waals surface area contributed by atoms with Crippen LogP contribution in [0.25, 0.3) is 0 Å². The number of methoxy groups -OCH3 is 1. The van der Waals surface area contributed by atoms with E-state index in [9.17, 15) is 4.39 Å². The molecule has 1 aromatic heterocycles. The molecule has 0 aliphatic carbocycles. The van der Waals surface area contributed by atoms with E-state index < -0.39 is 0 Å². The number of hydrogen-bond acceptors (Lipinski definition) is 3. The summed E-state index contributed by atoms with van der Waals surface area (Å²) in [5.41, 5.74) is 0.990. The van der Waals surface area contributed by atoms with Crippen molar-refractivity contribution in [1.29, 1.82) is 0 Å². The van der Waals surface area contributed by atoms with Crippen LogP contribution in [0.4, 0.5) is 4.39 Å². The number of nitrogens with zero attached hydrogens (tertiary/aromatic N) is 2. The van der Waals surface area contributed by atoms with E-state index in [0.29, 0.717) is 24.3 Å². The number of rotatable bonds is 5. The van der Waals surface area contributed by atoms with Crippen molar-refractivity contribution in [2.45, 2.75) is 13.0 Å². The van der Waals surface area contributed by atoms with Gasteiger partial charge in [0, 0.05) is 20.1 Å². The predicted molar refractivity (Wildman–Crippen MR) is 68.5 cm³/mol. The first-order chi connectivity index (χ1) is 8.70. The molecule has 0 aliphatic heterocycles. The Morgan fingerprint density at radius 1 is 1.39 bits per heavy atom. The third kappa shape index (κ3) is 3.02. The number of hydrogen-bond donors (Lipinski definition) is 1. The average Bonchev–Trinajstić information content (AvgIpc) is 2.71. The van der Waals surface area contributed by atoms with Crippen molar-refractivity contribution in [3.05, 3.63) is 46.2 Å². The van der Waals surface area contributed by atoms with Gasteiger partial charge < -0.3 is 9.30 Å². The molecule has 4 nitrogen and oxygen atoms in total. The van der Waals surface area contributed by atoms with Gasteiger partial charge in [-0.2, -0.15) is 5.10 Å². The number of halogens is 1. The number of aromatic nitrogens is 3. The molecule has 1 N–H and O–H groups in total. The molecule has 2 aromatic rings. The predicted octanol–water partition coefficient (Wildman–Crippen LogP) is 2.32. The van der Waals surface area contributed by atoms with Crippen LogP contribution in [0.2, 0.25) is 0 Å². The highest BCUT2D eigenvalue weighted by Gasteiger charge is 2.07. The summed E-state index contributed by atoms with van der Waals surface area (Å²) in [5.74, 6) is 0.584. The molecule has 0 unspecified atom stereocenters. The number of ether oxygens (including phenoxy) is 1. The first kappa shape index (κ1) is 12.9. The van der Waals surface area contributed by atoms with Gasteiger partial charge in [-0.3, -0.25) is 5.10 Å². The highest BCUT2D eigenvalue weighted by atomic mass is 32.1. The van der Waals surface area contributed by atoms with Gasteiger partial charge in [0.1, 0.15) is 11.6 Å². The first-order valence-electron chi connectivity index (χ1n) is 5.58. The Morgan fingerprint density at radius 3 is 2.78 bits per heavy atom. The van der Waals surface area contributed by atoms with Crippen LogP contribution in [-0.4, -0.2) is 28.5 Å². The summed E-state index contributed by atoms with van der Waals surface area (Å²) in [6, 6.07) is 6.37. The number of benzene rings is 1. The van der Waals surface area contributed by atoms with Gasteiger partial charge in [-0.1, -0.05) is 12.1 Å². The Balaban J connectivity index is 2.18. The van der Waals surface area contributed by atoms with Crippen LogP contribution >= 0.6 is 12.2 Å². The van der Waals surface area contributed by atoms with E-state index in [4.69, 9.17) is 17.0 Å². The van der Waals surface area contributed by atoms with Crippen molar-refractivity contribution in [3.63, 3.8) is 0 Å². The molecule has 0 spiro atoms. The molecular formula is C12H14FN3OS. The highest BCUT2D eigenvalue weighted by Crippen LogP contribution is 2.09. The van der Waals surface area contributed by atoms with E-state index in [-0.39, 0.29) is 5.82 Å². The van der Waals surface area contributed by atoms with Gasteiger partial charge in [0.15, 0.2) is 4.77 Å². The average molecular weight is 267 g/mol. The molecule has 0 amide bonds. The Labute approximate surface area is 109 Å². The molecule has 0 saturated heterocycles. The summed E-state index contributed by atoms with van der Waals surface area (Å²) in [6.07, 6.45) is 0.608. The van der Waals surface area contributed by atoms with Crippen LogP contribution in [0.1, 0.15) is 11.4 Å². The zero-order valence-electron chi connectivity index (χ0n) is 10.0. The zero-order chi connectivity index (χ0) is 13.0. The molecule has 18 heavy (non-hydrogen) atoms. The van der Waals surface area contributed by atoms with Crippen molar-refractivity contribution >= 4 is 12.2 Å². The maximum absolute atomic E-state index is 12.8. The number of aromatic amines is 1. The SMILES string of the molecule is COCCn1c(Cc2ccc(F)cc2)n[nH]c1=S. The van der Waals surface area contributed by atoms with Crippen molar-refractivity contribution < 1.29 is 9.13 Å². The molecule has 0 aliphatic rings. The molecule has 0 radical (unpaired) electrons. The summed E-state index contributed by atoms with van der Waals surface area (Å²) in [4.78, 5) is 0. The quantitative estimate of drug-likeness (QED) is 0.845. The van der Waals surface area contributed by atoms with E-state index in [1.165, 1.54) is 12.1 Å². The van der Waals surface area contributed by atoms with Crippen LogP contribution in [0.3, 0.4) is 0 Å². The normalized spacial score (nSPS) is 10.8. The Kier molecular flexibility index (Phi) is 4.22. The minimum absolute atomic E-state index is 0.239. The van der Waals surface area contributed by atoms with Gasteiger partial charge in [0.05, 0.1) is 6.61 Å². The smallest absolute Gasteiger partial charge is 0.195 e. The zero-order valence-corrected chi connectivity index (χ0v) is 10.8. The molecule has 1 aromatic carbocycles. The summed E-state index contributed by atoms with van der Waals surface area (Å²) in [7, 11) is 1.64. The Bertz CT molecular complexity index is 561. The van der Waals surface area contributed by atoms with Crippen molar-refractivity contribution in [2.75, 3.05) is 13.7 Å². The largest absolute Gasteiger partial charge is 0.383 e. The maximum atomic E-state index is 12.8. The molecule has 96 valence electrons. The molecule has 0 fully saturated rings. The van der Waals surface area contributed by atoms with Crippen LogP contribution in [0.15, 0.2) is 24.3 Å². The lowest BCUT2D eigenvalue weighted by molar-refractivity contribution is 0.186. The fourth-order valence-corrected chi connectivity index (χ4v) is 1.93. The first-order valence-corrected chi connectivity index (χ1v) is 5.99. The van der Waals surface area contributed by atoms with Gasteiger partial charge in [0.2, 0.25) is 0 Å². The number of nitrogens with one attached hydrogen (secondary N) is 1. The summed E-state index contributed by atoms with van der Waals surface area (Å²) in [5, 5.41) is 6.95. The molecule has 2 rings (SSSR count). The van der Waals surface area contributed by atoms with Crippen LogP contribution in [-0.2, 0) is 17.7 Å². The minimum atomic E-state index is -0.239. The topological polar surface area (TPSA) is 42.8 Å². The van der Waals surface area contributed by atoms with Crippen LogP contribution < -0.4 is 0 Å². The fraction of sp³-hybridized carbons (Fsp3) is 0.333. The minimum Gasteiger partial charge on any atom is -0.383 e. The van der Waals surface area contributed by atoms with E-state index in [1.807, 2.05) is 4.57 Å². The lowest BCUT2D eigenvalue weighted by Crippen LogP contribution is -2.09. The van der Waals surface area contributed by atoms with Gasteiger partial charge >= 0.3 is 0 Å². The maximum Gasteiger partial charge on any atom is 0.195 e. The van der Waals surface area contributed by atoms with Gasteiger partial charge in [-0.25, -0.2) is 4.39 Å². The molecule has 6 heteroatoms. The van der Waals surface area contributed by atoms with Crippen LogP contribution in [0.5, 0.6) is 0 Å². The molecule has 1 heterocycles. The van der Waals surface area contributed by atoms with Gasteiger partial charge in [0.25, 0.3) is 0 Å².